The number of carbonyl (C=O) groups is 1. The van der Waals surface area contributed by atoms with Crippen LogP contribution in [0.2, 0.25) is 5.02 Å². The third kappa shape index (κ3) is 5.06. The molecule has 3 rings (SSSR count). The van der Waals surface area contributed by atoms with E-state index in [2.05, 4.69) is 20.4 Å². The van der Waals surface area contributed by atoms with Gasteiger partial charge < -0.3 is 10.2 Å². The lowest BCUT2D eigenvalue weighted by atomic mass is 9.94. The molecule has 132 valence electrons. The van der Waals surface area contributed by atoms with Gasteiger partial charge >= 0.3 is 0 Å². The molecular formula is C18H21ClN4O2. The molecule has 0 aliphatic carbocycles. The van der Waals surface area contributed by atoms with Crippen molar-refractivity contribution in [2.75, 3.05) is 18.0 Å². The van der Waals surface area contributed by atoms with Crippen molar-refractivity contribution in [3.8, 4) is 0 Å². The minimum Gasteiger partial charge on any atom is -0.370 e. The molecule has 25 heavy (non-hydrogen) atoms. The molecule has 2 heterocycles. The van der Waals surface area contributed by atoms with Crippen LogP contribution >= 0.6 is 11.6 Å². The van der Waals surface area contributed by atoms with Gasteiger partial charge in [0.05, 0.1) is 11.9 Å². The van der Waals surface area contributed by atoms with Crippen molar-refractivity contribution in [1.82, 2.24) is 15.5 Å². The van der Waals surface area contributed by atoms with E-state index in [-0.39, 0.29) is 17.4 Å². The van der Waals surface area contributed by atoms with Gasteiger partial charge in [-0.3, -0.25) is 9.59 Å². The first-order valence-corrected chi connectivity index (χ1v) is 8.79. The second-order valence-corrected chi connectivity index (χ2v) is 6.80. The molecule has 1 saturated heterocycles. The SMILES string of the molecule is O=C(C[C@H]1CCCN(c2cn[nH]c(=O)c2)C1)NCc1cccc(Cl)c1. The number of carbonyl (C=O) groups excluding carboxylic acids is 1. The normalized spacial score (nSPS) is 17.3. The van der Waals surface area contributed by atoms with E-state index in [9.17, 15) is 9.59 Å². The predicted octanol–water partition coefficient (Wildman–Crippen LogP) is 2.35. The van der Waals surface area contributed by atoms with E-state index in [0.29, 0.717) is 18.0 Å². The fourth-order valence-corrected chi connectivity index (χ4v) is 3.40. The quantitative estimate of drug-likeness (QED) is 0.858. The fraction of sp³-hybridized carbons (Fsp3) is 0.389. The molecule has 2 aromatic rings. The van der Waals surface area contributed by atoms with Crippen molar-refractivity contribution in [3.63, 3.8) is 0 Å². The van der Waals surface area contributed by atoms with Gasteiger partial charge in [0.15, 0.2) is 0 Å². The number of rotatable bonds is 5. The van der Waals surface area contributed by atoms with Crippen LogP contribution in [0, 0.1) is 5.92 Å². The van der Waals surface area contributed by atoms with Gasteiger partial charge in [-0.2, -0.15) is 5.10 Å². The maximum absolute atomic E-state index is 12.2. The molecule has 1 amide bonds. The number of hydrogen-bond donors (Lipinski definition) is 2. The summed E-state index contributed by atoms with van der Waals surface area (Å²) in [5.41, 5.74) is 1.59. The van der Waals surface area contributed by atoms with Crippen LogP contribution in [0.25, 0.3) is 0 Å². The van der Waals surface area contributed by atoms with Gasteiger partial charge in [-0.25, -0.2) is 5.10 Å². The highest BCUT2D eigenvalue weighted by molar-refractivity contribution is 6.30. The van der Waals surface area contributed by atoms with Gasteiger partial charge in [-0.1, -0.05) is 23.7 Å². The van der Waals surface area contributed by atoms with Crippen molar-refractivity contribution < 1.29 is 4.79 Å². The molecule has 0 saturated carbocycles. The summed E-state index contributed by atoms with van der Waals surface area (Å²) in [6.45, 7) is 2.12. The number of aromatic amines is 1. The lowest BCUT2D eigenvalue weighted by molar-refractivity contribution is -0.122. The zero-order valence-electron chi connectivity index (χ0n) is 13.9. The summed E-state index contributed by atoms with van der Waals surface area (Å²) in [4.78, 5) is 25.8. The lowest BCUT2D eigenvalue weighted by Crippen LogP contribution is -2.38. The summed E-state index contributed by atoms with van der Waals surface area (Å²) in [5, 5.41) is 9.85. The van der Waals surface area contributed by atoms with Crippen LogP contribution in [0.4, 0.5) is 5.69 Å². The van der Waals surface area contributed by atoms with E-state index in [1.807, 2.05) is 24.3 Å². The minimum absolute atomic E-state index is 0.0378. The Morgan fingerprint density at radius 1 is 1.40 bits per heavy atom. The molecule has 0 unspecified atom stereocenters. The van der Waals surface area contributed by atoms with Crippen molar-refractivity contribution in [2.45, 2.75) is 25.8 Å². The highest BCUT2D eigenvalue weighted by Crippen LogP contribution is 2.23. The highest BCUT2D eigenvalue weighted by atomic mass is 35.5. The molecule has 0 radical (unpaired) electrons. The van der Waals surface area contributed by atoms with Gasteiger partial charge in [0.25, 0.3) is 5.56 Å². The topological polar surface area (TPSA) is 78.1 Å². The standard InChI is InChI=1S/C18H21ClN4O2/c19-15-5-1-3-13(7-15)10-20-17(24)8-14-4-2-6-23(12-14)16-9-18(25)22-21-11-16/h1,3,5,7,9,11,14H,2,4,6,8,10,12H2,(H,20,24)(H,22,25)/t14-/m1/s1. The van der Waals surface area contributed by atoms with Crippen LogP contribution in [0.15, 0.2) is 41.3 Å². The molecule has 1 aliphatic heterocycles. The molecule has 1 atom stereocenters. The Balaban J connectivity index is 1.52. The average molecular weight is 361 g/mol. The summed E-state index contributed by atoms with van der Waals surface area (Å²) in [7, 11) is 0. The predicted molar refractivity (Wildman–Crippen MR) is 97.7 cm³/mol. The highest BCUT2D eigenvalue weighted by Gasteiger charge is 2.22. The molecule has 1 aromatic carbocycles. The number of H-pyrrole nitrogens is 1. The molecule has 6 nitrogen and oxygen atoms in total. The Bertz CT molecular complexity index is 792. The number of nitrogens with zero attached hydrogens (tertiary/aromatic N) is 2. The van der Waals surface area contributed by atoms with E-state index in [4.69, 9.17) is 11.6 Å². The first-order chi connectivity index (χ1) is 12.1. The van der Waals surface area contributed by atoms with E-state index in [0.717, 1.165) is 37.2 Å². The summed E-state index contributed by atoms with van der Waals surface area (Å²) in [6.07, 6.45) is 4.15. The largest absolute Gasteiger partial charge is 0.370 e. The molecular weight excluding hydrogens is 340 g/mol. The minimum atomic E-state index is -0.209. The first-order valence-electron chi connectivity index (χ1n) is 8.41. The number of hydrogen-bond acceptors (Lipinski definition) is 4. The Morgan fingerprint density at radius 2 is 2.28 bits per heavy atom. The lowest BCUT2D eigenvalue weighted by Gasteiger charge is -2.33. The molecule has 7 heteroatoms. The van der Waals surface area contributed by atoms with Crippen molar-refractivity contribution >= 4 is 23.2 Å². The van der Waals surface area contributed by atoms with E-state index < -0.39 is 0 Å². The van der Waals surface area contributed by atoms with E-state index in [1.54, 1.807) is 12.3 Å². The number of aromatic nitrogens is 2. The number of amides is 1. The maximum atomic E-state index is 12.2. The van der Waals surface area contributed by atoms with Crippen LogP contribution in [0.3, 0.4) is 0 Å². The second-order valence-electron chi connectivity index (χ2n) is 6.37. The number of nitrogens with one attached hydrogen (secondary N) is 2. The monoisotopic (exact) mass is 360 g/mol. The average Bonchev–Trinajstić information content (AvgIpc) is 2.60. The molecule has 1 aliphatic rings. The molecule has 2 N–H and O–H groups in total. The third-order valence-electron chi connectivity index (χ3n) is 4.39. The van der Waals surface area contributed by atoms with Crippen LogP contribution in [0.5, 0.6) is 0 Å². The third-order valence-corrected chi connectivity index (χ3v) is 4.62. The van der Waals surface area contributed by atoms with Crippen LogP contribution in [-0.4, -0.2) is 29.2 Å². The summed E-state index contributed by atoms with van der Waals surface area (Å²) in [6, 6.07) is 9.03. The van der Waals surface area contributed by atoms with Gasteiger partial charge in [-0.15, -0.1) is 0 Å². The van der Waals surface area contributed by atoms with Crippen LogP contribution < -0.4 is 15.8 Å². The molecule has 0 bridgehead atoms. The first kappa shape index (κ1) is 17.5. The summed E-state index contributed by atoms with van der Waals surface area (Å²) in [5.74, 6) is 0.309. The van der Waals surface area contributed by atoms with Gasteiger partial charge in [0.1, 0.15) is 0 Å². The second kappa shape index (κ2) is 8.16. The zero-order valence-corrected chi connectivity index (χ0v) is 14.6. The van der Waals surface area contributed by atoms with Crippen LogP contribution in [-0.2, 0) is 11.3 Å². The van der Waals surface area contributed by atoms with Gasteiger partial charge in [0.2, 0.25) is 5.91 Å². The van der Waals surface area contributed by atoms with Crippen LogP contribution in [0.1, 0.15) is 24.8 Å². The zero-order chi connectivity index (χ0) is 17.6. The summed E-state index contributed by atoms with van der Waals surface area (Å²) >= 11 is 5.95. The number of piperidine rings is 1. The van der Waals surface area contributed by atoms with Crippen molar-refractivity contribution in [2.24, 2.45) is 5.92 Å². The number of halogens is 1. The number of anilines is 1. The van der Waals surface area contributed by atoms with Gasteiger partial charge in [-0.05, 0) is 36.5 Å². The van der Waals surface area contributed by atoms with E-state index in [1.165, 1.54) is 0 Å². The van der Waals surface area contributed by atoms with E-state index >= 15 is 0 Å². The fourth-order valence-electron chi connectivity index (χ4n) is 3.19. The molecule has 1 fully saturated rings. The Hall–Kier alpha value is -2.34. The molecule has 0 spiro atoms. The smallest absolute Gasteiger partial charge is 0.266 e. The Morgan fingerprint density at radius 3 is 3.08 bits per heavy atom. The van der Waals surface area contributed by atoms with Gasteiger partial charge in [0, 0.05) is 37.1 Å². The molecule has 1 aromatic heterocycles. The van der Waals surface area contributed by atoms with Crippen molar-refractivity contribution in [1.29, 1.82) is 0 Å². The number of benzene rings is 1. The Labute approximate surface area is 151 Å². The summed E-state index contributed by atoms with van der Waals surface area (Å²) < 4.78 is 0. The maximum Gasteiger partial charge on any atom is 0.266 e. The van der Waals surface area contributed by atoms with Crippen molar-refractivity contribution in [3.05, 3.63) is 57.5 Å². The Kier molecular flexibility index (Phi) is 5.71.